The number of benzene rings is 4. The third kappa shape index (κ3) is 3.05. The van der Waals surface area contributed by atoms with E-state index in [0.717, 1.165) is 36.3 Å². The molecule has 5 heteroatoms. The Balaban J connectivity index is 1.36. The largest absolute Gasteiger partial charge is 0.313 e. The molecule has 6 aromatic rings. The summed E-state index contributed by atoms with van der Waals surface area (Å²) in [4.78, 5) is 12.9. The van der Waals surface area contributed by atoms with Crippen LogP contribution in [0.2, 0.25) is 0 Å². The number of thiophene rings is 1. The van der Waals surface area contributed by atoms with E-state index in [2.05, 4.69) is 80.4 Å². The maximum absolute atomic E-state index is 12.9. The maximum atomic E-state index is 12.9. The van der Waals surface area contributed by atoms with Gasteiger partial charge in [0.1, 0.15) is 5.00 Å². The van der Waals surface area contributed by atoms with Gasteiger partial charge < -0.3 is 9.88 Å². The number of halogens is 1. The number of carbonyl (C=O) groups is 1. The third-order valence-electron chi connectivity index (χ3n) is 5.73. The van der Waals surface area contributed by atoms with Crippen LogP contribution < -0.4 is 5.32 Å². The Labute approximate surface area is 197 Å². The summed E-state index contributed by atoms with van der Waals surface area (Å²) in [6.45, 7) is 0. The SMILES string of the molecule is O=C(Nc1sc2ccccc2c1Br)c1ccc(-n2c3ccccc3c3ccccc32)cc1. The van der Waals surface area contributed by atoms with Gasteiger partial charge in [0.2, 0.25) is 0 Å². The second-order valence-corrected chi connectivity index (χ2v) is 9.46. The van der Waals surface area contributed by atoms with Crippen LogP contribution in [0, 0.1) is 0 Å². The number of fused-ring (bicyclic) bond motifs is 4. The highest BCUT2D eigenvalue weighted by Gasteiger charge is 2.15. The molecule has 1 N–H and O–H groups in total. The summed E-state index contributed by atoms with van der Waals surface area (Å²) in [7, 11) is 0. The van der Waals surface area contributed by atoms with E-state index in [4.69, 9.17) is 0 Å². The van der Waals surface area contributed by atoms with Crippen molar-refractivity contribution in [1.29, 1.82) is 0 Å². The van der Waals surface area contributed by atoms with Crippen molar-refractivity contribution in [3.05, 3.63) is 107 Å². The van der Waals surface area contributed by atoms with E-state index in [-0.39, 0.29) is 5.91 Å². The van der Waals surface area contributed by atoms with Gasteiger partial charge in [0.25, 0.3) is 5.91 Å². The fraction of sp³-hybridized carbons (Fsp3) is 0. The second-order valence-electron chi connectivity index (χ2n) is 7.61. The molecule has 32 heavy (non-hydrogen) atoms. The Kier molecular flexibility index (Phi) is 4.59. The zero-order valence-corrected chi connectivity index (χ0v) is 19.3. The molecule has 2 heterocycles. The molecule has 0 saturated carbocycles. The van der Waals surface area contributed by atoms with Crippen LogP contribution in [0.3, 0.4) is 0 Å². The Bertz CT molecular complexity index is 1580. The predicted octanol–water partition coefficient (Wildman–Crippen LogP) is 8.01. The van der Waals surface area contributed by atoms with E-state index in [0.29, 0.717) is 5.56 Å². The quantitative estimate of drug-likeness (QED) is 0.264. The van der Waals surface area contributed by atoms with E-state index in [1.807, 2.05) is 42.5 Å². The zero-order valence-electron chi connectivity index (χ0n) is 16.9. The highest BCUT2D eigenvalue weighted by molar-refractivity contribution is 9.10. The van der Waals surface area contributed by atoms with Gasteiger partial charge in [-0.15, -0.1) is 11.3 Å². The minimum Gasteiger partial charge on any atom is -0.313 e. The lowest BCUT2D eigenvalue weighted by Gasteiger charge is -2.09. The van der Waals surface area contributed by atoms with Gasteiger partial charge in [-0.05, 0) is 58.4 Å². The molecule has 0 radical (unpaired) electrons. The summed E-state index contributed by atoms with van der Waals surface area (Å²) < 4.78 is 4.30. The molecule has 154 valence electrons. The number of amides is 1. The summed E-state index contributed by atoms with van der Waals surface area (Å²) in [5, 5.41) is 7.43. The minimum atomic E-state index is -0.119. The van der Waals surface area contributed by atoms with Crippen LogP contribution in [0.1, 0.15) is 10.4 Å². The zero-order chi connectivity index (χ0) is 21.7. The number of hydrogen-bond acceptors (Lipinski definition) is 2. The summed E-state index contributed by atoms with van der Waals surface area (Å²) in [6, 6.07) is 32.7. The molecule has 0 aliphatic heterocycles. The van der Waals surface area contributed by atoms with Crippen molar-refractivity contribution in [2.45, 2.75) is 0 Å². The summed E-state index contributed by atoms with van der Waals surface area (Å²) in [5.74, 6) is -0.119. The lowest BCUT2D eigenvalue weighted by Crippen LogP contribution is -2.11. The van der Waals surface area contributed by atoms with Crippen molar-refractivity contribution in [2.75, 3.05) is 5.32 Å². The van der Waals surface area contributed by atoms with Gasteiger partial charge in [-0.3, -0.25) is 4.79 Å². The van der Waals surface area contributed by atoms with Crippen LogP contribution in [0.4, 0.5) is 5.00 Å². The minimum absolute atomic E-state index is 0.119. The molecular weight excluding hydrogens is 480 g/mol. The molecule has 3 nitrogen and oxygen atoms in total. The average Bonchev–Trinajstić information content (AvgIpc) is 3.34. The molecule has 0 atom stereocenters. The average molecular weight is 497 g/mol. The molecule has 2 aromatic heterocycles. The lowest BCUT2D eigenvalue weighted by atomic mass is 10.2. The van der Waals surface area contributed by atoms with Crippen molar-refractivity contribution in [3.63, 3.8) is 0 Å². The Morgan fingerprint density at radius 1 is 0.719 bits per heavy atom. The first-order valence-electron chi connectivity index (χ1n) is 10.3. The van der Waals surface area contributed by atoms with Crippen molar-refractivity contribution in [1.82, 2.24) is 4.57 Å². The first-order chi connectivity index (χ1) is 15.7. The fourth-order valence-electron chi connectivity index (χ4n) is 4.23. The molecule has 1 amide bonds. The molecule has 0 bridgehead atoms. The second kappa shape index (κ2) is 7.62. The maximum Gasteiger partial charge on any atom is 0.256 e. The Hall–Kier alpha value is -3.41. The Morgan fingerprint density at radius 3 is 1.91 bits per heavy atom. The van der Waals surface area contributed by atoms with E-state index in [1.165, 1.54) is 10.8 Å². The van der Waals surface area contributed by atoms with Gasteiger partial charge in [0.05, 0.1) is 15.5 Å². The van der Waals surface area contributed by atoms with Gasteiger partial charge in [0, 0.05) is 32.1 Å². The smallest absolute Gasteiger partial charge is 0.256 e. The standard InChI is InChI=1S/C27H17BrN2OS/c28-25-21-9-3-6-12-24(21)32-27(25)29-26(31)17-13-15-18(16-14-17)30-22-10-4-1-7-19(22)20-8-2-5-11-23(20)30/h1-16H,(H,29,31). The van der Waals surface area contributed by atoms with Gasteiger partial charge in [-0.1, -0.05) is 54.6 Å². The summed E-state index contributed by atoms with van der Waals surface area (Å²) in [6.07, 6.45) is 0. The number of aromatic nitrogens is 1. The van der Waals surface area contributed by atoms with E-state index >= 15 is 0 Å². The van der Waals surface area contributed by atoms with Crippen LogP contribution in [0.5, 0.6) is 0 Å². The van der Waals surface area contributed by atoms with E-state index in [1.54, 1.807) is 11.3 Å². The number of rotatable bonds is 3. The normalized spacial score (nSPS) is 11.4. The van der Waals surface area contributed by atoms with Crippen molar-refractivity contribution in [3.8, 4) is 5.69 Å². The topological polar surface area (TPSA) is 34.0 Å². The number of anilines is 1. The fourth-order valence-corrected chi connectivity index (χ4v) is 6.04. The molecular formula is C27H17BrN2OS. The van der Waals surface area contributed by atoms with Crippen molar-refractivity contribution < 1.29 is 4.79 Å². The van der Waals surface area contributed by atoms with E-state index < -0.39 is 0 Å². The first-order valence-corrected chi connectivity index (χ1v) is 11.9. The number of nitrogens with zero attached hydrogens (tertiary/aromatic N) is 1. The first kappa shape index (κ1) is 19.3. The lowest BCUT2D eigenvalue weighted by molar-refractivity contribution is 0.102. The molecule has 0 unspecified atom stereocenters. The summed E-state index contributed by atoms with van der Waals surface area (Å²) in [5.41, 5.74) is 3.96. The monoisotopic (exact) mass is 496 g/mol. The van der Waals surface area contributed by atoms with Crippen molar-refractivity contribution >= 4 is 70.1 Å². The van der Waals surface area contributed by atoms with Crippen molar-refractivity contribution in [2.24, 2.45) is 0 Å². The Morgan fingerprint density at radius 2 is 1.28 bits per heavy atom. The van der Waals surface area contributed by atoms with Crippen LogP contribution in [0.25, 0.3) is 37.6 Å². The van der Waals surface area contributed by atoms with E-state index in [9.17, 15) is 4.79 Å². The summed E-state index contributed by atoms with van der Waals surface area (Å²) >= 11 is 5.20. The molecule has 4 aromatic carbocycles. The molecule has 0 aliphatic carbocycles. The number of para-hydroxylation sites is 2. The molecule has 0 aliphatic rings. The highest BCUT2D eigenvalue weighted by atomic mass is 79.9. The van der Waals surface area contributed by atoms with Gasteiger partial charge in [-0.2, -0.15) is 0 Å². The van der Waals surface area contributed by atoms with Crippen LogP contribution in [-0.2, 0) is 0 Å². The number of hydrogen-bond donors (Lipinski definition) is 1. The van der Waals surface area contributed by atoms with Gasteiger partial charge in [-0.25, -0.2) is 0 Å². The van der Waals surface area contributed by atoms with Gasteiger partial charge >= 0.3 is 0 Å². The van der Waals surface area contributed by atoms with Gasteiger partial charge in [0.15, 0.2) is 0 Å². The molecule has 0 saturated heterocycles. The van der Waals surface area contributed by atoms with Crippen LogP contribution in [0.15, 0.2) is 102 Å². The molecule has 0 spiro atoms. The number of carbonyl (C=O) groups excluding carboxylic acids is 1. The van der Waals surface area contributed by atoms with Crippen LogP contribution in [-0.4, -0.2) is 10.5 Å². The molecule has 0 fully saturated rings. The highest BCUT2D eigenvalue weighted by Crippen LogP contribution is 2.40. The molecule has 6 rings (SSSR count). The third-order valence-corrected chi connectivity index (χ3v) is 7.90. The predicted molar refractivity (Wildman–Crippen MR) is 138 cm³/mol. The number of nitrogens with one attached hydrogen (secondary N) is 1. The van der Waals surface area contributed by atoms with Crippen LogP contribution >= 0.6 is 27.3 Å².